The lowest BCUT2D eigenvalue weighted by Crippen LogP contribution is -2.53. The summed E-state index contributed by atoms with van der Waals surface area (Å²) in [6.45, 7) is 0.100. The van der Waals surface area contributed by atoms with Crippen molar-refractivity contribution in [3.8, 4) is 5.75 Å². The molecule has 2 nitrogen and oxygen atoms in total. The lowest BCUT2D eigenvalue weighted by atomic mass is 9.92. The van der Waals surface area contributed by atoms with Crippen molar-refractivity contribution in [3.63, 3.8) is 0 Å². The van der Waals surface area contributed by atoms with E-state index in [0.29, 0.717) is 12.1 Å². The summed E-state index contributed by atoms with van der Waals surface area (Å²) in [4.78, 5) is 0. The number of rotatable bonds is 4. The van der Waals surface area contributed by atoms with Crippen LogP contribution in [0.5, 0.6) is 5.75 Å². The minimum atomic E-state index is -5.91. The molecule has 2 aromatic carbocycles. The summed E-state index contributed by atoms with van der Waals surface area (Å²) in [5.74, 6) is 0.0781. The summed E-state index contributed by atoms with van der Waals surface area (Å²) in [7, 11) is 0. The molecule has 0 bridgehead atoms. The molecule has 24 heavy (non-hydrogen) atoms. The Kier molecular flexibility index (Phi) is 4.80. The number of benzene rings is 2. The highest BCUT2D eigenvalue weighted by atomic mass is 19.4. The normalized spacial score (nSPS) is 13.0. The Bertz CT molecular complexity index is 648. The van der Waals surface area contributed by atoms with E-state index >= 15 is 0 Å². The van der Waals surface area contributed by atoms with E-state index in [4.69, 9.17) is 4.74 Å². The van der Waals surface area contributed by atoms with E-state index in [1.54, 1.807) is 30.3 Å². The quantitative estimate of drug-likeness (QED) is 0.818. The molecule has 0 aliphatic rings. The molecule has 0 saturated carbocycles. The second-order valence-electron chi connectivity index (χ2n) is 5.00. The van der Waals surface area contributed by atoms with Crippen molar-refractivity contribution in [2.75, 3.05) is 0 Å². The predicted molar refractivity (Wildman–Crippen MR) is 73.2 cm³/mol. The van der Waals surface area contributed by atoms with E-state index in [9.17, 15) is 31.4 Å². The highest BCUT2D eigenvalue weighted by Gasteiger charge is 2.71. The van der Waals surface area contributed by atoms with Gasteiger partial charge in [-0.2, -0.15) is 26.3 Å². The highest BCUT2D eigenvalue weighted by Crippen LogP contribution is 2.50. The van der Waals surface area contributed by atoms with Gasteiger partial charge in [-0.05, 0) is 17.7 Å². The lowest BCUT2D eigenvalue weighted by Gasteiger charge is -2.32. The number of halogens is 6. The number of alkyl halides is 6. The van der Waals surface area contributed by atoms with E-state index in [-0.39, 0.29) is 12.4 Å². The van der Waals surface area contributed by atoms with Gasteiger partial charge in [0.25, 0.3) is 5.60 Å². The smallest absolute Gasteiger partial charge is 0.430 e. The molecule has 0 heterocycles. The first kappa shape index (κ1) is 18.1. The van der Waals surface area contributed by atoms with Gasteiger partial charge in [-0.15, -0.1) is 0 Å². The molecule has 0 saturated heterocycles. The van der Waals surface area contributed by atoms with Gasteiger partial charge in [0.1, 0.15) is 12.4 Å². The van der Waals surface area contributed by atoms with Gasteiger partial charge in [0.15, 0.2) is 0 Å². The summed E-state index contributed by atoms with van der Waals surface area (Å²) < 4.78 is 81.8. The first-order valence-corrected chi connectivity index (χ1v) is 6.69. The van der Waals surface area contributed by atoms with Crippen LogP contribution in [0.3, 0.4) is 0 Å². The third kappa shape index (κ3) is 3.48. The number of ether oxygens (including phenoxy) is 1. The first-order valence-electron chi connectivity index (χ1n) is 6.69. The van der Waals surface area contributed by atoms with Gasteiger partial charge in [0.05, 0.1) is 0 Å². The summed E-state index contributed by atoms with van der Waals surface area (Å²) in [6.07, 6.45) is -11.8. The molecule has 0 spiro atoms. The molecular formula is C16H12F6O2. The Morgan fingerprint density at radius 2 is 1.25 bits per heavy atom. The van der Waals surface area contributed by atoms with Crippen molar-refractivity contribution in [2.45, 2.75) is 24.6 Å². The van der Waals surface area contributed by atoms with Crippen molar-refractivity contribution in [1.82, 2.24) is 0 Å². The molecule has 130 valence electrons. The van der Waals surface area contributed by atoms with Crippen LogP contribution in [-0.4, -0.2) is 17.5 Å². The topological polar surface area (TPSA) is 29.5 Å². The summed E-state index contributed by atoms with van der Waals surface area (Å²) in [6, 6.07) is 11.8. The van der Waals surface area contributed by atoms with Gasteiger partial charge in [-0.25, -0.2) is 0 Å². The predicted octanol–water partition coefficient (Wildman–Crippen LogP) is 4.58. The molecule has 1 N–H and O–H groups in total. The minimum absolute atomic E-state index is 0.0781. The van der Waals surface area contributed by atoms with Gasteiger partial charge >= 0.3 is 12.4 Å². The fourth-order valence-corrected chi connectivity index (χ4v) is 2.02. The van der Waals surface area contributed by atoms with Crippen LogP contribution in [-0.2, 0) is 12.2 Å². The Hall–Kier alpha value is -2.22. The largest absolute Gasteiger partial charge is 0.489 e. The standard InChI is InChI=1S/C16H12F6O2/c17-15(18,19)14(23,16(20,21)22)12-6-8-13(9-7-12)24-10-11-4-2-1-3-5-11/h1-9,23H,10H2. The van der Waals surface area contributed by atoms with Crippen LogP contribution in [0.1, 0.15) is 11.1 Å². The van der Waals surface area contributed by atoms with Gasteiger partial charge in [-0.1, -0.05) is 42.5 Å². The molecule has 0 aromatic heterocycles. The molecule has 0 unspecified atom stereocenters. The molecule has 0 amide bonds. The van der Waals surface area contributed by atoms with Crippen molar-refractivity contribution < 1.29 is 36.2 Å². The summed E-state index contributed by atoms with van der Waals surface area (Å²) >= 11 is 0. The van der Waals surface area contributed by atoms with E-state index in [2.05, 4.69) is 0 Å². The minimum Gasteiger partial charge on any atom is -0.489 e. The fourth-order valence-electron chi connectivity index (χ4n) is 2.02. The fraction of sp³-hybridized carbons (Fsp3) is 0.250. The van der Waals surface area contributed by atoms with Crippen LogP contribution in [0.25, 0.3) is 0 Å². The van der Waals surface area contributed by atoms with E-state index in [1.807, 2.05) is 0 Å². The van der Waals surface area contributed by atoms with E-state index < -0.39 is 23.5 Å². The Morgan fingerprint density at radius 3 is 1.71 bits per heavy atom. The van der Waals surface area contributed by atoms with Crippen LogP contribution in [0.15, 0.2) is 54.6 Å². The Labute approximate surface area is 133 Å². The maximum atomic E-state index is 12.8. The molecule has 2 rings (SSSR count). The van der Waals surface area contributed by atoms with E-state index in [1.165, 1.54) is 0 Å². The maximum Gasteiger partial charge on any atom is 0.430 e. The zero-order valence-electron chi connectivity index (χ0n) is 12.0. The van der Waals surface area contributed by atoms with Crippen molar-refractivity contribution in [2.24, 2.45) is 0 Å². The van der Waals surface area contributed by atoms with Crippen LogP contribution in [0, 0.1) is 0 Å². The third-order valence-electron chi connectivity index (χ3n) is 3.34. The SMILES string of the molecule is OC(c1ccc(OCc2ccccc2)cc1)(C(F)(F)F)C(F)(F)F. The molecule has 0 fully saturated rings. The van der Waals surface area contributed by atoms with Crippen molar-refractivity contribution in [3.05, 3.63) is 65.7 Å². The monoisotopic (exact) mass is 350 g/mol. The Morgan fingerprint density at radius 1 is 0.750 bits per heavy atom. The summed E-state index contributed by atoms with van der Waals surface area (Å²) in [5.41, 5.74) is -5.48. The zero-order valence-corrected chi connectivity index (χ0v) is 12.0. The zero-order chi connectivity index (χ0) is 18.0. The average molecular weight is 350 g/mol. The van der Waals surface area contributed by atoms with Gasteiger partial charge < -0.3 is 9.84 Å². The molecule has 0 aliphatic carbocycles. The molecule has 2 aromatic rings. The maximum absolute atomic E-state index is 12.8. The van der Waals surface area contributed by atoms with Crippen molar-refractivity contribution in [1.29, 1.82) is 0 Å². The van der Waals surface area contributed by atoms with Gasteiger partial charge in [-0.3, -0.25) is 0 Å². The van der Waals surface area contributed by atoms with Crippen molar-refractivity contribution >= 4 is 0 Å². The molecular weight excluding hydrogens is 338 g/mol. The summed E-state index contributed by atoms with van der Waals surface area (Å²) in [5, 5.41) is 9.26. The molecule has 0 atom stereocenters. The second-order valence-corrected chi connectivity index (χ2v) is 5.00. The molecule has 0 radical (unpaired) electrons. The van der Waals surface area contributed by atoms with Gasteiger partial charge in [0, 0.05) is 5.56 Å². The van der Waals surface area contributed by atoms with Crippen LogP contribution < -0.4 is 4.74 Å². The number of aliphatic hydroxyl groups is 1. The Balaban J connectivity index is 2.21. The molecule has 0 aliphatic heterocycles. The number of hydrogen-bond acceptors (Lipinski definition) is 2. The molecule has 8 heteroatoms. The lowest BCUT2D eigenvalue weighted by molar-refractivity contribution is -0.376. The van der Waals surface area contributed by atoms with E-state index in [0.717, 1.165) is 17.7 Å². The first-order chi connectivity index (χ1) is 11.1. The average Bonchev–Trinajstić information content (AvgIpc) is 2.51. The highest BCUT2D eigenvalue weighted by molar-refractivity contribution is 5.33. The third-order valence-corrected chi connectivity index (χ3v) is 3.34. The second kappa shape index (κ2) is 6.35. The van der Waals surface area contributed by atoms with Crippen LogP contribution in [0.4, 0.5) is 26.3 Å². The van der Waals surface area contributed by atoms with Gasteiger partial charge in [0.2, 0.25) is 0 Å². The number of hydrogen-bond donors (Lipinski definition) is 1. The van der Waals surface area contributed by atoms with Crippen LogP contribution in [0.2, 0.25) is 0 Å². The van der Waals surface area contributed by atoms with Crippen LogP contribution >= 0.6 is 0 Å².